The SMILES string of the molecule is [2H]C([2H])([2H])c1c[c-]c(-c2ccc(C([2H])([2H])[2H])cn2)cc1.[Ir].[c-]1ccccc1-c1nc2sc3ccc4ccccc4c3c2s1. The molecule has 0 amide bonds. The van der Waals surface area contributed by atoms with Crippen molar-refractivity contribution in [2.24, 2.45) is 0 Å². The molecule has 0 saturated carbocycles. The Labute approximate surface area is 246 Å². The van der Waals surface area contributed by atoms with Gasteiger partial charge in [0.25, 0.3) is 0 Å². The number of pyridine rings is 1. The molecule has 4 aromatic carbocycles. The Balaban J connectivity index is 0.000000169. The molecule has 0 saturated heterocycles. The van der Waals surface area contributed by atoms with E-state index in [0.717, 1.165) is 15.4 Å². The molecule has 0 atom stereocenters. The molecule has 0 N–H and O–H groups in total. The summed E-state index contributed by atoms with van der Waals surface area (Å²) >= 11 is 3.55. The van der Waals surface area contributed by atoms with Crippen LogP contribution in [0.25, 0.3) is 52.2 Å². The number of aromatic nitrogens is 2. The topological polar surface area (TPSA) is 25.8 Å². The van der Waals surface area contributed by atoms with Crippen molar-refractivity contribution in [2.75, 3.05) is 0 Å². The zero-order chi connectivity index (χ0) is 29.5. The van der Waals surface area contributed by atoms with Gasteiger partial charge in [-0.1, -0.05) is 49.3 Å². The fraction of sp³-hybridized carbons (Fsp3) is 0.0625. The maximum atomic E-state index is 7.28. The molecule has 5 heteroatoms. The number of thiophene rings is 1. The van der Waals surface area contributed by atoms with Gasteiger partial charge in [-0.2, -0.15) is 11.3 Å². The average Bonchev–Trinajstić information content (AvgIpc) is 3.56. The van der Waals surface area contributed by atoms with Crippen molar-refractivity contribution < 1.29 is 28.3 Å². The van der Waals surface area contributed by atoms with Crippen molar-refractivity contribution in [2.45, 2.75) is 13.7 Å². The van der Waals surface area contributed by atoms with Gasteiger partial charge in [0.15, 0.2) is 0 Å². The van der Waals surface area contributed by atoms with Crippen LogP contribution in [0.1, 0.15) is 19.4 Å². The summed E-state index contributed by atoms with van der Waals surface area (Å²) in [5.41, 5.74) is 2.62. The van der Waals surface area contributed by atoms with E-state index in [1.807, 2.05) is 18.2 Å². The Morgan fingerprint density at radius 1 is 0.784 bits per heavy atom. The smallest absolute Gasteiger partial charge is 0.124 e. The van der Waals surface area contributed by atoms with Crippen LogP contribution in [0.2, 0.25) is 0 Å². The first-order valence-corrected chi connectivity index (χ1v) is 12.9. The van der Waals surface area contributed by atoms with Gasteiger partial charge in [0.1, 0.15) is 4.83 Å². The van der Waals surface area contributed by atoms with E-state index in [0.29, 0.717) is 11.3 Å². The van der Waals surface area contributed by atoms with E-state index in [-0.39, 0.29) is 31.2 Å². The minimum absolute atomic E-state index is 0. The van der Waals surface area contributed by atoms with Gasteiger partial charge in [0.2, 0.25) is 0 Å². The van der Waals surface area contributed by atoms with Crippen LogP contribution in [0.4, 0.5) is 0 Å². The predicted molar refractivity (Wildman–Crippen MR) is 155 cm³/mol. The van der Waals surface area contributed by atoms with Crippen molar-refractivity contribution in [1.82, 2.24) is 9.97 Å². The van der Waals surface area contributed by atoms with Crippen molar-refractivity contribution >= 4 is 53.1 Å². The fourth-order valence-corrected chi connectivity index (χ4v) is 6.37. The molecule has 7 aromatic rings. The molecule has 0 aliphatic heterocycles. The third kappa shape index (κ3) is 5.27. The zero-order valence-corrected chi connectivity index (χ0v) is 23.3. The van der Waals surface area contributed by atoms with Gasteiger partial charge >= 0.3 is 0 Å². The largest absolute Gasteiger partial charge is 0.304 e. The van der Waals surface area contributed by atoms with Crippen molar-refractivity contribution in [3.05, 3.63) is 120 Å². The number of hydrogen-bond acceptors (Lipinski definition) is 4. The van der Waals surface area contributed by atoms with Gasteiger partial charge < -0.3 is 4.98 Å². The molecule has 0 spiro atoms. The molecule has 7 rings (SSSR count). The van der Waals surface area contributed by atoms with E-state index in [9.17, 15) is 0 Å². The Morgan fingerprint density at radius 2 is 1.65 bits per heavy atom. The Bertz CT molecular complexity index is 1940. The molecule has 0 bridgehead atoms. The van der Waals surface area contributed by atoms with E-state index >= 15 is 0 Å². The first-order chi connectivity index (χ1) is 20.1. The molecule has 3 aromatic heterocycles. The minimum atomic E-state index is -2.18. The van der Waals surface area contributed by atoms with Gasteiger partial charge in [-0.05, 0) is 34.9 Å². The van der Waals surface area contributed by atoms with Gasteiger partial charge in [-0.15, -0.1) is 82.6 Å². The van der Waals surface area contributed by atoms with Gasteiger partial charge in [-0.3, -0.25) is 4.98 Å². The average molecular weight is 697 g/mol. The van der Waals surface area contributed by atoms with Gasteiger partial charge in [0.05, 0.1) is 4.70 Å². The molecule has 0 fully saturated rings. The Morgan fingerprint density at radius 3 is 2.41 bits per heavy atom. The second-order valence-corrected chi connectivity index (χ2v) is 10.1. The number of benzene rings is 4. The van der Waals surface area contributed by atoms with E-state index in [4.69, 9.17) is 13.2 Å². The van der Waals surface area contributed by atoms with Gasteiger partial charge in [-0.25, -0.2) is 0 Å². The molecular weight excluding hydrogens is 669 g/mol. The first-order valence-electron chi connectivity index (χ1n) is 14.2. The summed E-state index contributed by atoms with van der Waals surface area (Å²) in [6.07, 6.45) is 1.30. The molecule has 0 unspecified atom stereocenters. The van der Waals surface area contributed by atoms with E-state index < -0.39 is 13.7 Å². The Hall–Kier alpha value is -3.21. The van der Waals surface area contributed by atoms with Crippen LogP contribution in [0.3, 0.4) is 0 Å². The molecule has 37 heavy (non-hydrogen) atoms. The summed E-state index contributed by atoms with van der Waals surface area (Å²) in [6.45, 7) is -4.34. The summed E-state index contributed by atoms with van der Waals surface area (Å²) in [5, 5.41) is 5.00. The molecule has 2 nitrogen and oxygen atoms in total. The summed E-state index contributed by atoms with van der Waals surface area (Å²) in [6, 6.07) is 34.7. The summed E-state index contributed by atoms with van der Waals surface area (Å²) < 4.78 is 46.3. The predicted octanol–water partition coefficient (Wildman–Crippen LogP) is 9.29. The van der Waals surface area contributed by atoms with Crippen LogP contribution in [0, 0.1) is 25.8 Å². The fourth-order valence-electron chi connectivity index (χ4n) is 3.99. The van der Waals surface area contributed by atoms with E-state index in [1.54, 1.807) is 34.8 Å². The second-order valence-electron chi connectivity index (χ2n) is 8.11. The number of aryl methyl sites for hydroxylation is 2. The molecular formula is C32H22IrN2S2-2. The van der Waals surface area contributed by atoms with Crippen LogP contribution in [-0.2, 0) is 20.1 Å². The molecule has 0 aliphatic carbocycles. The van der Waals surface area contributed by atoms with Crippen molar-refractivity contribution in [1.29, 1.82) is 0 Å². The normalized spacial score (nSPS) is 13.8. The van der Waals surface area contributed by atoms with Crippen LogP contribution in [0.5, 0.6) is 0 Å². The number of thiazole rings is 1. The summed E-state index contributed by atoms with van der Waals surface area (Å²) in [5.74, 6) is 0. The first kappa shape index (κ1) is 18.9. The number of nitrogens with zero attached hydrogens (tertiary/aromatic N) is 2. The van der Waals surface area contributed by atoms with Crippen molar-refractivity contribution in [3.63, 3.8) is 0 Å². The summed E-state index contributed by atoms with van der Waals surface area (Å²) in [7, 11) is 0. The third-order valence-corrected chi connectivity index (χ3v) is 8.00. The number of fused-ring (bicyclic) bond motifs is 5. The molecule has 3 heterocycles. The number of rotatable bonds is 2. The minimum Gasteiger partial charge on any atom is -0.304 e. The molecule has 1 radical (unpaired) electrons. The summed E-state index contributed by atoms with van der Waals surface area (Å²) in [4.78, 5) is 10.0. The third-order valence-electron chi connectivity index (χ3n) is 5.71. The standard InChI is InChI=1S/C19H10NS2.C13H12N.Ir/c1-2-7-13(8-3-1)18-20-19-17(22-18)16-14-9-5-4-6-12(14)10-11-15(16)21-19;1-10-3-6-12(7-4-10)13-8-5-11(2)9-14-13;/h1-7,9-11H;3-6,8-9H,1-2H3;/q2*-1;/i;1D3,2D3;. The van der Waals surface area contributed by atoms with Crippen LogP contribution in [0.15, 0.2) is 97.2 Å². The maximum Gasteiger partial charge on any atom is 0.124 e. The second kappa shape index (κ2) is 11.0. The van der Waals surface area contributed by atoms with Crippen LogP contribution < -0.4 is 0 Å². The molecule has 0 aliphatic rings. The van der Waals surface area contributed by atoms with Crippen LogP contribution >= 0.6 is 22.7 Å². The Kier molecular flexibility index (Phi) is 5.65. The van der Waals surface area contributed by atoms with Crippen LogP contribution in [-0.4, -0.2) is 9.97 Å². The number of hydrogen-bond donors (Lipinski definition) is 0. The van der Waals surface area contributed by atoms with E-state index in [2.05, 4.69) is 59.6 Å². The van der Waals surface area contributed by atoms with Gasteiger partial charge in [0, 0.05) is 49.6 Å². The van der Waals surface area contributed by atoms with Crippen molar-refractivity contribution in [3.8, 4) is 21.8 Å². The monoisotopic (exact) mass is 697 g/mol. The molecule has 183 valence electrons. The maximum absolute atomic E-state index is 7.28. The quantitative estimate of drug-likeness (QED) is 0.169. The van der Waals surface area contributed by atoms with E-state index in [1.165, 1.54) is 50.0 Å². The zero-order valence-electron chi connectivity index (χ0n) is 25.3.